The van der Waals surface area contributed by atoms with E-state index in [2.05, 4.69) is 36.9 Å². The summed E-state index contributed by atoms with van der Waals surface area (Å²) in [5.41, 5.74) is 0.249. The lowest BCUT2D eigenvalue weighted by atomic mass is 9.97. The molecular weight excluding hydrogens is 580 g/mol. The Hall–Kier alpha value is -4.72. The van der Waals surface area contributed by atoms with Crippen LogP contribution in [0, 0.1) is 38.3 Å². The number of pyridine rings is 1. The maximum absolute atomic E-state index is 13.3. The summed E-state index contributed by atoms with van der Waals surface area (Å²) in [5.74, 6) is -5.42. The first-order valence-corrected chi connectivity index (χ1v) is 12.4. The fourth-order valence-corrected chi connectivity index (χ4v) is 3.33. The summed E-state index contributed by atoms with van der Waals surface area (Å²) in [4.78, 5) is 15.7. The maximum Gasteiger partial charge on any atom is 0.416 e. The van der Waals surface area contributed by atoms with Crippen LogP contribution in [0.25, 0.3) is 0 Å². The van der Waals surface area contributed by atoms with Gasteiger partial charge in [-0.25, -0.2) is 8.78 Å². The van der Waals surface area contributed by atoms with Gasteiger partial charge in [0.05, 0.1) is 11.8 Å². The molecule has 1 heterocycles. The number of rotatable bonds is 4. The largest absolute Gasteiger partial charge is 0.416 e. The molecule has 0 radical (unpaired) electrons. The minimum atomic E-state index is -4.90. The predicted octanol–water partition coefficient (Wildman–Crippen LogP) is 8.58. The Kier molecular flexibility index (Phi) is 14.6. The SMILES string of the molecule is C#C.Cc1ccc(F)cn1.Cc1ccccc1.O=C(NCc1cc(F)cc(C(F)(F)F)c1)[C@@H](c1ccccc1)C(F)(F)F. The molecular formula is C32H28F8N2O. The van der Waals surface area contributed by atoms with Gasteiger partial charge in [0, 0.05) is 12.2 Å². The third-order valence-corrected chi connectivity index (χ3v) is 5.29. The van der Waals surface area contributed by atoms with E-state index in [4.69, 9.17) is 0 Å². The molecule has 0 spiro atoms. The monoisotopic (exact) mass is 608 g/mol. The van der Waals surface area contributed by atoms with E-state index in [1.807, 2.05) is 30.4 Å². The van der Waals surface area contributed by atoms with Crippen LogP contribution in [0.1, 0.15) is 33.9 Å². The zero-order valence-corrected chi connectivity index (χ0v) is 23.1. The second kappa shape index (κ2) is 17.3. The first kappa shape index (κ1) is 36.3. The van der Waals surface area contributed by atoms with Crippen LogP contribution in [0.15, 0.2) is 97.2 Å². The van der Waals surface area contributed by atoms with Crippen LogP contribution < -0.4 is 5.32 Å². The Morgan fingerprint density at radius 1 is 0.791 bits per heavy atom. The molecule has 3 aromatic carbocycles. The molecule has 0 aliphatic rings. The van der Waals surface area contributed by atoms with Crippen molar-refractivity contribution in [3.8, 4) is 12.8 Å². The molecule has 0 saturated heterocycles. The van der Waals surface area contributed by atoms with Crippen molar-refractivity contribution in [3.63, 3.8) is 0 Å². The van der Waals surface area contributed by atoms with Crippen molar-refractivity contribution in [1.29, 1.82) is 0 Å². The van der Waals surface area contributed by atoms with Gasteiger partial charge in [-0.05, 0) is 55.3 Å². The summed E-state index contributed by atoms with van der Waals surface area (Å²) in [6.07, 6.45) is -0.515. The van der Waals surface area contributed by atoms with Crippen LogP contribution >= 0.6 is 0 Å². The summed E-state index contributed by atoms with van der Waals surface area (Å²) in [6.45, 7) is 3.22. The van der Waals surface area contributed by atoms with Crippen molar-refractivity contribution < 1.29 is 39.9 Å². The van der Waals surface area contributed by atoms with Crippen LogP contribution in [0.3, 0.4) is 0 Å². The number of hydrogen-bond donors (Lipinski definition) is 1. The molecule has 0 aliphatic carbocycles. The van der Waals surface area contributed by atoms with Crippen LogP contribution in [0.5, 0.6) is 0 Å². The fourth-order valence-electron chi connectivity index (χ4n) is 3.33. The standard InChI is InChI=1S/C17H12F7NO.C7H8.C6H6FN.C2H2/c18-13-7-10(6-12(8-13)16(19,20)21)9-25-15(26)14(17(22,23)24)11-4-2-1-3-5-11;1-7-5-3-2-4-6-7;1-5-2-3-6(7)4-8-5;1-2/h1-8,14H,9H2,(H,25,26);2-6H,1H3;2-4H,1H3;1-2H/t14-;;;/m1.../s1. The molecule has 0 saturated carbocycles. The molecule has 228 valence electrons. The number of alkyl halides is 6. The number of hydrogen-bond acceptors (Lipinski definition) is 2. The molecule has 43 heavy (non-hydrogen) atoms. The van der Waals surface area contributed by atoms with E-state index in [9.17, 15) is 39.9 Å². The predicted molar refractivity (Wildman–Crippen MR) is 148 cm³/mol. The first-order chi connectivity index (χ1) is 20.2. The van der Waals surface area contributed by atoms with Crippen LogP contribution in [-0.4, -0.2) is 17.1 Å². The molecule has 0 bridgehead atoms. The van der Waals surface area contributed by atoms with Crippen molar-refractivity contribution in [1.82, 2.24) is 10.3 Å². The maximum atomic E-state index is 13.3. The zero-order valence-electron chi connectivity index (χ0n) is 23.1. The van der Waals surface area contributed by atoms with E-state index < -0.39 is 42.1 Å². The van der Waals surface area contributed by atoms with Gasteiger partial charge in [-0.15, -0.1) is 12.8 Å². The second-order valence-corrected chi connectivity index (χ2v) is 8.72. The van der Waals surface area contributed by atoms with Gasteiger partial charge >= 0.3 is 12.4 Å². The zero-order chi connectivity index (χ0) is 32.6. The summed E-state index contributed by atoms with van der Waals surface area (Å²) in [6, 6.07) is 21.2. The minimum absolute atomic E-state index is 0.258. The van der Waals surface area contributed by atoms with Crippen LogP contribution in [0.2, 0.25) is 0 Å². The highest BCUT2D eigenvalue weighted by Crippen LogP contribution is 2.35. The third-order valence-electron chi connectivity index (χ3n) is 5.29. The number of aromatic nitrogens is 1. The Labute approximate surface area is 244 Å². The summed E-state index contributed by atoms with van der Waals surface area (Å²) in [7, 11) is 0. The highest BCUT2D eigenvalue weighted by molar-refractivity contribution is 5.84. The van der Waals surface area contributed by atoms with E-state index >= 15 is 0 Å². The summed E-state index contributed by atoms with van der Waals surface area (Å²) < 4.78 is 103. The molecule has 0 fully saturated rings. The molecule has 0 aliphatic heterocycles. The van der Waals surface area contributed by atoms with Gasteiger partial charge in [0.25, 0.3) is 0 Å². The topological polar surface area (TPSA) is 42.0 Å². The molecule has 4 rings (SSSR count). The second-order valence-electron chi connectivity index (χ2n) is 8.72. The van der Waals surface area contributed by atoms with Crippen molar-refractivity contribution in [2.45, 2.75) is 38.7 Å². The van der Waals surface area contributed by atoms with Crippen molar-refractivity contribution in [2.24, 2.45) is 0 Å². The van der Waals surface area contributed by atoms with Crippen LogP contribution in [0.4, 0.5) is 35.1 Å². The molecule has 1 aromatic heterocycles. The Balaban J connectivity index is 0.000000438. The van der Waals surface area contributed by atoms with E-state index in [1.165, 1.54) is 36.0 Å². The molecule has 1 N–H and O–H groups in total. The number of halogens is 8. The summed E-state index contributed by atoms with van der Waals surface area (Å²) >= 11 is 0. The minimum Gasteiger partial charge on any atom is -0.351 e. The number of carbonyl (C=O) groups is 1. The number of benzene rings is 3. The Bertz CT molecular complexity index is 1380. The third kappa shape index (κ3) is 13.7. The number of aryl methyl sites for hydroxylation is 2. The van der Waals surface area contributed by atoms with Crippen LogP contribution in [-0.2, 0) is 17.5 Å². The number of amides is 1. The highest BCUT2D eigenvalue weighted by Gasteiger charge is 2.45. The molecule has 1 atom stereocenters. The summed E-state index contributed by atoms with van der Waals surface area (Å²) in [5, 5.41) is 1.92. The van der Waals surface area contributed by atoms with Crippen molar-refractivity contribution in [2.75, 3.05) is 0 Å². The van der Waals surface area contributed by atoms with E-state index in [0.29, 0.717) is 12.1 Å². The van der Waals surface area contributed by atoms with Crippen molar-refractivity contribution in [3.05, 3.63) is 137 Å². The van der Waals surface area contributed by atoms with Crippen molar-refractivity contribution >= 4 is 5.91 Å². The number of nitrogens with zero attached hydrogens (tertiary/aromatic N) is 1. The van der Waals surface area contributed by atoms with Gasteiger partial charge in [0.2, 0.25) is 5.91 Å². The van der Waals surface area contributed by atoms with E-state index in [1.54, 1.807) is 6.07 Å². The van der Waals surface area contributed by atoms with Gasteiger partial charge in [-0.2, -0.15) is 26.3 Å². The lowest BCUT2D eigenvalue weighted by Crippen LogP contribution is -2.37. The fraction of sp³-hybridized carbons (Fsp3) is 0.188. The van der Waals surface area contributed by atoms with Gasteiger partial charge < -0.3 is 5.32 Å². The van der Waals surface area contributed by atoms with Gasteiger partial charge in [-0.1, -0.05) is 66.2 Å². The molecule has 3 nitrogen and oxygen atoms in total. The first-order valence-electron chi connectivity index (χ1n) is 12.4. The molecule has 11 heteroatoms. The normalized spacial score (nSPS) is 11.3. The average molecular weight is 609 g/mol. The Morgan fingerprint density at radius 2 is 1.35 bits per heavy atom. The molecule has 4 aromatic rings. The van der Waals surface area contributed by atoms with E-state index in [0.717, 1.165) is 17.8 Å². The highest BCUT2D eigenvalue weighted by atomic mass is 19.4. The van der Waals surface area contributed by atoms with Gasteiger partial charge in [0.1, 0.15) is 11.6 Å². The number of terminal acetylenes is 1. The Morgan fingerprint density at radius 3 is 1.77 bits per heavy atom. The van der Waals surface area contributed by atoms with Gasteiger partial charge in [0.15, 0.2) is 5.92 Å². The smallest absolute Gasteiger partial charge is 0.351 e. The lowest BCUT2D eigenvalue weighted by Gasteiger charge is -2.20. The van der Waals surface area contributed by atoms with E-state index in [-0.39, 0.29) is 23.0 Å². The number of nitrogens with one attached hydrogen (secondary N) is 1. The average Bonchev–Trinajstić information content (AvgIpc) is 2.95. The quantitative estimate of drug-likeness (QED) is 0.186. The molecule has 1 amide bonds. The van der Waals surface area contributed by atoms with Gasteiger partial charge in [-0.3, -0.25) is 9.78 Å². The number of carbonyl (C=O) groups excluding carboxylic acids is 1. The lowest BCUT2D eigenvalue weighted by molar-refractivity contribution is -0.165. The molecule has 0 unspecified atom stereocenters.